The lowest BCUT2D eigenvalue weighted by molar-refractivity contribution is -0.117. The number of benzene rings is 2. The molecular weight excluding hydrogens is 434 g/mol. The van der Waals surface area contributed by atoms with E-state index in [1.165, 1.54) is 0 Å². The number of hydrogen-bond acceptors (Lipinski definition) is 7. The number of methoxy groups -OCH3 is 1. The third-order valence-corrected chi connectivity index (χ3v) is 5.68. The number of anilines is 2. The van der Waals surface area contributed by atoms with E-state index in [1.54, 1.807) is 43.5 Å². The van der Waals surface area contributed by atoms with E-state index in [0.29, 0.717) is 29.2 Å². The zero-order valence-electron chi connectivity index (χ0n) is 19.4. The molecule has 2 N–H and O–H groups in total. The van der Waals surface area contributed by atoms with Gasteiger partial charge in [-0.15, -0.1) is 0 Å². The quantitative estimate of drug-likeness (QED) is 0.530. The van der Waals surface area contributed by atoms with Crippen molar-refractivity contribution in [3.63, 3.8) is 0 Å². The molecule has 0 unspecified atom stereocenters. The lowest BCUT2D eigenvalue weighted by Crippen LogP contribution is -2.48. The SMILES string of the molecule is COc1ccccc1NC(=O)c1ccc(NC(=O)CN2CCN(Cc3cc(C)on3)CC2)cc1. The molecule has 178 valence electrons. The van der Waals surface area contributed by atoms with Crippen molar-refractivity contribution in [2.75, 3.05) is 50.5 Å². The van der Waals surface area contributed by atoms with Crippen LogP contribution in [-0.4, -0.2) is 66.6 Å². The molecule has 1 aromatic heterocycles. The van der Waals surface area contributed by atoms with Gasteiger partial charge in [0.1, 0.15) is 11.5 Å². The Kier molecular flexibility index (Phi) is 7.56. The van der Waals surface area contributed by atoms with Crippen LogP contribution in [-0.2, 0) is 11.3 Å². The van der Waals surface area contributed by atoms with Crippen molar-refractivity contribution in [2.45, 2.75) is 13.5 Å². The van der Waals surface area contributed by atoms with Gasteiger partial charge in [-0.2, -0.15) is 0 Å². The second kappa shape index (κ2) is 11.0. The number of aryl methyl sites for hydroxylation is 1. The molecule has 0 atom stereocenters. The molecule has 1 fully saturated rings. The smallest absolute Gasteiger partial charge is 0.255 e. The number of nitrogens with one attached hydrogen (secondary N) is 2. The largest absolute Gasteiger partial charge is 0.495 e. The number of piperazine rings is 1. The van der Waals surface area contributed by atoms with Gasteiger partial charge in [0.25, 0.3) is 5.91 Å². The van der Waals surface area contributed by atoms with Crippen molar-refractivity contribution in [3.8, 4) is 5.75 Å². The topological polar surface area (TPSA) is 99.9 Å². The molecule has 0 radical (unpaired) electrons. The number of carbonyl (C=O) groups excluding carboxylic acids is 2. The lowest BCUT2D eigenvalue weighted by Gasteiger charge is -2.33. The van der Waals surface area contributed by atoms with Crippen LogP contribution in [0.2, 0.25) is 0 Å². The first-order chi connectivity index (χ1) is 16.5. The summed E-state index contributed by atoms with van der Waals surface area (Å²) in [5.74, 6) is 1.08. The second-order valence-corrected chi connectivity index (χ2v) is 8.26. The highest BCUT2D eigenvalue weighted by Gasteiger charge is 2.20. The van der Waals surface area contributed by atoms with Crippen molar-refractivity contribution < 1.29 is 18.8 Å². The number of ether oxygens (including phenoxy) is 1. The van der Waals surface area contributed by atoms with Crippen molar-refractivity contribution in [1.82, 2.24) is 15.0 Å². The molecule has 0 saturated carbocycles. The molecule has 4 rings (SSSR count). The van der Waals surface area contributed by atoms with Gasteiger partial charge in [-0.25, -0.2) is 0 Å². The molecule has 2 amide bonds. The first-order valence-electron chi connectivity index (χ1n) is 11.2. The van der Waals surface area contributed by atoms with Crippen LogP contribution in [0.25, 0.3) is 0 Å². The summed E-state index contributed by atoms with van der Waals surface area (Å²) in [4.78, 5) is 29.5. The van der Waals surface area contributed by atoms with Gasteiger partial charge in [-0.3, -0.25) is 19.4 Å². The van der Waals surface area contributed by atoms with Crippen LogP contribution in [0.3, 0.4) is 0 Å². The summed E-state index contributed by atoms with van der Waals surface area (Å²) in [7, 11) is 1.56. The molecule has 1 aliphatic rings. The minimum atomic E-state index is -0.249. The van der Waals surface area contributed by atoms with Crippen LogP contribution < -0.4 is 15.4 Å². The number of hydrogen-bond donors (Lipinski definition) is 2. The third kappa shape index (κ3) is 6.21. The molecule has 0 bridgehead atoms. The number of amides is 2. The third-order valence-electron chi connectivity index (χ3n) is 5.68. The maximum absolute atomic E-state index is 12.5. The summed E-state index contributed by atoms with van der Waals surface area (Å²) in [6.07, 6.45) is 0. The molecule has 1 saturated heterocycles. The van der Waals surface area contributed by atoms with Crippen molar-refractivity contribution in [2.24, 2.45) is 0 Å². The van der Waals surface area contributed by atoms with Gasteiger partial charge in [0.05, 0.1) is 25.0 Å². The lowest BCUT2D eigenvalue weighted by atomic mass is 10.2. The van der Waals surface area contributed by atoms with Crippen molar-refractivity contribution >= 4 is 23.2 Å². The average molecular weight is 464 g/mol. The van der Waals surface area contributed by atoms with E-state index in [2.05, 4.69) is 25.6 Å². The van der Waals surface area contributed by atoms with E-state index in [-0.39, 0.29) is 11.8 Å². The van der Waals surface area contributed by atoms with E-state index in [4.69, 9.17) is 9.26 Å². The Hall–Kier alpha value is -3.69. The van der Waals surface area contributed by atoms with Gasteiger partial charge in [0.15, 0.2) is 0 Å². The molecule has 3 aromatic rings. The summed E-state index contributed by atoms with van der Waals surface area (Å²) >= 11 is 0. The molecular formula is C25H29N5O4. The van der Waals surface area contributed by atoms with Crippen molar-refractivity contribution in [3.05, 3.63) is 71.6 Å². The van der Waals surface area contributed by atoms with Crippen LogP contribution in [0.1, 0.15) is 21.8 Å². The molecule has 9 nitrogen and oxygen atoms in total. The summed E-state index contributed by atoms with van der Waals surface area (Å²) in [5.41, 5.74) is 2.67. The fraction of sp³-hybridized carbons (Fsp3) is 0.320. The maximum atomic E-state index is 12.5. The average Bonchev–Trinajstić information content (AvgIpc) is 3.25. The minimum absolute atomic E-state index is 0.0770. The Balaban J connectivity index is 1.22. The fourth-order valence-electron chi connectivity index (χ4n) is 3.88. The van der Waals surface area contributed by atoms with Crippen LogP contribution in [0.5, 0.6) is 5.75 Å². The predicted molar refractivity (Wildman–Crippen MR) is 129 cm³/mol. The standard InChI is InChI=1S/C25H29N5O4/c1-18-15-21(28-34-18)16-29-11-13-30(14-12-29)17-24(31)26-20-9-7-19(8-10-20)25(32)27-22-5-3-4-6-23(22)33-2/h3-10,15H,11-14,16-17H2,1-2H3,(H,26,31)(H,27,32). The highest BCUT2D eigenvalue weighted by molar-refractivity contribution is 6.05. The molecule has 0 spiro atoms. The van der Waals surface area contributed by atoms with E-state index in [1.807, 2.05) is 25.1 Å². The van der Waals surface area contributed by atoms with Crippen LogP contribution in [0.4, 0.5) is 11.4 Å². The molecule has 2 aromatic carbocycles. The van der Waals surface area contributed by atoms with E-state index >= 15 is 0 Å². The van der Waals surface area contributed by atoms with E-state index in [9.17, 15) is 9.59 Å². The van der Waals surface area contributed by atoms with Gasteiger partial charge in [-0.05, 0) is 43.3 Å². The van der Waals surface area contributed by atoms with Gasteiger partial charge in [0, 0.05) is 50.0 Å². The van der Waals surface area contributed by atoms with Gasteiger partial charge in [-0.1, -0.05) is 17.3 Å². The van der Waals surface area contributed by atoms with Crippen LogP contribution in [0, 0.1) is 6.92 Å². The number of para-hydroxylation sites is 2. The van der Waals surface area contributed by atoms with Gasteiger partial charge < -0.3 is 19.9 Å². The summed E-state index contributed by atoms with van der Waals surface area (Å²) < 4.78 is 10.4. The van der Waals surface area contributed by atoms with Crippen LogP contribution in [0.15, 0.2) is 59.1 Å². The summed E-state index contributed by atoms with van der Waals surface area (Å²) in [6, 6.07) is 16.0. The Morgan fingerprint density at radius 2 is 1.71 bits per heavy atom. The zero-order chi connectivity index (χ0) is 23.9. The zero-order valence-corrected chi connectivity index (χ0v) is 19.4. The second-order valence-electron chi connectivity index (χ2n) is 8.26. The monoisotopic (exact) mass is 463 g/mol. The number of aromatic nitrogens is 1. The summed E-state index contributed by atoms with van der Waals surface area (Å²) in [5, 5.41) is 9.79. The Morgan fingerprint density at radius 3 is 2.38 bits per heavy atom. The highest BCUT2D eigenvalue weighted by Crippen LogP contribution is 2.24. The van der Waals surface area contributed by atoms with Gasteiger partial charge in [0.2, 0.25) is 5.91 Å². The minimum Gasteiger partial charge on any atom is -0.495 e. The molecule has 0 aliphatic carbocycles. The normalized spacial score (nSPS) is 14.5. The highest BCUT2D eigenvalue weighted by atomic mass is 16.5. The maximum Gasteiger partial charge on any atom is 0.255 e. The number of nitrogens with zero attached hydrogens (tertiary/aromatic N) is 3. The predicted octanol–water partition coefficient (Wildman–Crippen LogP) is 3.00. The first kappa shape index (κ1) is 23.5. The van der Waals surface area contributed by atoms with Gasteiger partial charge >= 0.3 is 0 Å². The fourth-order valence-corrected chi connectivity index (χ4v) is 3.88. The van der Waals surface area contributed by atoms with Crippen LogP contribution >= 0.6 is 0 Å². The molecule has 2 heterocycles. The van der Waals surface area contributed by atoms with E-state index in [0.717, 1.165) is 44.2 Å². The Labute approximate surface area is 198 Å². The number of rotatable bonds is 8. The number of carbonyl (C=O) groups is 2. The summed E-state index contributed by atoms with van der Waals surface area (Å²) in [6.45, 7) is 6.34. The van der Waals surface area contributed by atoms with Crippen molar-refractivity contribution in [1.29, 1.82) is 0 Å². The Morgan fingerprint density at radius 1 is 1.00 bits per heavy atom. The first-order valence-corrected chi connectivity index (χ1v) is 11.2. The van der Waals surface area contributed by atoms with E-state index < -0.39 is 0 Å². The molecule has 9 heteroatoms. The molecule has 34 heavy (non-hydrogen) atoms. The Bertz CT molecular complexity index is 1120. The molecule has 1 aliphatic heterocycles.